The number of hydrogen-bond acceptors (Lipinski definition) is 9. The molecule has 2 saturated heterocycles. The first-order chi connectivity index (χ1) is 26.8. The van der Waals surface area contributed by atoms with Crippen LogP contribution in [-0.2, 0) is 22.6 Å². The van der Waals surface area contributed by atoms with Gasteiger partial charge in [0.25, 0.3) is 5.91 Å². The number of amides is 3. The largest absolute Gasteiger partial charge is 0.508 e. The Morgan fingerprint density at radius 1 is 0.836 bits per heavy atom. The highest BCUT2D eigenvalue weighted by molar-refractivity contribution is 7.22. The molecule has 3 aliphatic rings. The van der Waals surface area contributed by atoms with Crippen molar-refractivity contribution in [1.82, 2.24) is 20.0 Å². The van der Waals surface area contributed by atoms with Crippen LogP contribution in [0.3, 0.4) is 0 Å². The number of phenolic OH excluding ortho intramolecular Hbond substituents is 1. The molecule has 55 heavy (non-hydrogen) atoms. The zero-order valence-electron chi connectivity index (χ0n) is 30.5. The number of aromatic hydroxyl groups is 1. The Kier molecular flexibility index (Phi) is 10.8. The molecular formula is C43H43FN4O6S. The van der Waals surface area contributed by atoms with Crippen molar-refractivity contribution < 1.29 is 33.4 Å². The maximum Gasteiger partial charge on any atom is 0.255 e. The standard InChI is InChI=1S/C43H43FN4O6S/c44-31-7-5-29(6-8-31)41-40(36-15-9-32(49)26-38(36)55-41)54-34-12-10-33(11-13-34)53-24-23-47-21-19-46(20-22-47)18-2-1-3-28-4-14-35-30(25-28)27-48(43(35)52)37-16-17-39(50)45-42(37)51/h4-15,25-26,37,49H,1-3,16-24,27H2,(H,45,50,51). The molecule has 1 unspecified atom stereocenters. The molecule has 10 nitrogen and oxygen atoms in total. The Morgan fingerprint density at radius 3 is 2.35 bits per heavy atom. The fraction of sp³-hybridized carbons (Fsp3) is 0.326. The van der Waals surface area contributed by atoms with Gasteiger partial charge in [0.1, 0.15) is 35.7 Å². The third-order valence-corrected chi connectivity index (χ3v) is 11.9. The Bertz CT molecular complexity index is 2200. The second kappa shape index (κ2) is 16.2. The number of piperidine rings is 1. The van der Waals surface area contributed by atoms with E-state index in [1.807, 2.05) is 42.5 Å². The average molecular weight is 763 g/mol. The van der Waals surface area contributed by atoms with Crippen molar-refractivity contribution in [3.63, 3.8) is 0 Å². The molecule has 3 amide bonds. The maximum absolute atomic E-state index is 13.6. The first kappa shape index (κ1) is 36.7. The number of piperazine rings is 1. The molecule has 1 aromatic heterocycles. The van der Waals surface area contributed by atoms with E-state index < -0.39 is 6.04 Å². The summed E-state index contributed by atoms with van der Waals surface area (Å²) >= 11 is 1.49. The van der Waals surface area contributed by atoms with Gasteiger partial charge >= 0.3 is 0 Å². The van der Waals surface area contributed by atoms with Crippen molar-refractivity contribution in [3.05, 3.63) is 107 Å². The molecule has 0 spiro atoms. The fourth-order valence-corrected chi connectivity index (χ4v) is 8.82. The predicted molar refractivity (Wildman–Crippen MR) is 209 cm³/mol. The molecule has 2 fully saturated rings. The second-order valence-corrected chi connectivity index (χ2v) is 15.5. The van der Waals surface area contributed by atoms with E-state index in [4.69, 9.17) is 9.47 Å². The lowest BCUT2D eigenvalue weighted by molar-refractivity contribution is -0.136. The number of nitrogens with one attached hydrogen (secondary N) is 1. The van der Waals surface area contributed by atoms with E-state index in [2.05, 4.69) is 21.2 Å². The first-order valence-electron chi connectivity index (χ1n) is 18.9. The summed E-state index contributed by atoms with van der Waals surface area (Å²) < 4.78 is 27.0. The fourth-order valence-electron chi connectivity index (χ4n) is 7.65. The van der Waals surface area contributed by atoms with Gasteiger partial charge in [0, 0.05) is 61.3 Å². The summed E-state index contributed by atoms with van der Waals surface area (Å²) in [4.78, 5) is 44.3. The minimum absolute atomic E-state index is 0.131. The smallest absolute Gasteiger partial charge is 0.255 e. The Hall–Kier alpha value is -5.30. The molecule has 2 N–H and O–H groups in total. The highest BCUT2D eigenvalue weighted by Crippen LogP contribution is 2.47. The van der Waals surface area contributed by atoms with Crippen molar-refractivity contribution in [1.29, 1.82) is 0 Å². The predicted octanol–water partition coefficient (Wildman–Crippen LogP) is 6.99. The number of benzene rings is 4. The molecule has 8 rings (SSSR count). The highest BCUT2D eigenvalue weighted by Gasteiger charge is 2.39. The van der Waals surface area contributed by atoms with Crippen molar-refractivity contribution >= 4 is 39.1 Å². The number of aryl methyl sites for hydroxylation is 1. The van der Waals surface area contributed by atoms with E-state index in [0.717, 1.165) is 90.4 Å². The highest BCUT2D eigenvalue weighted by atomic mass is 32.1. The van der Waals surface area contributed by atoms with Crippen molar-refractivity contribution in [2.45, 2.75) is 44.7 Å². The number of phenols is 1. The van der Waals surface area contributed by atoms with Crippen LogP contribution in [-0.4, -0.2) is 89.4 Å². The molecule has 284 valence electrons. The van der Waals surface area contributed by atoms with Crippen molar-refractivity contribution in [2.24, 2.45) is 0 Å². The van der Waals surface area contributed by atoms with Crippen LogP contribution in [0.4, 0.5) is 4.39 Å². The lowest BCUT2D eigenvalue weighted by atomic mass is 10.0. The number of thiophene rings is 1. The second-order valence-electron chi connectivity index (χ2n) is 14.4. The van der Waals surface area contributed by atoms with E-state index in [1.54, 1.807) is 29.2 Å². The van der Waals surface area contributed by atoms with E-state index >= 15 is 0 Å². The van der Waals surface area contributed by atoms with Crippen LogP contribution in [0.25, 0.3) is 20.5 Å². The van der Waals surface area contributed by atoms with Crippen LogP contribution < -0.4 is 14.8 Å². The summed E-state index contributed by atoms with van der Waals surface area (Å²) in [6, 6.07) is 24.5. The maximum atomic E-state index is 13.6. The normalized spacial score (nSPS) is 17.8. The molecule has 4 aromatic carbocycles. The summed E-state index contributed by atoms with van der Waals surface area (Å²) in [5, 5.41) is 13.3. The molecule has 4 heterocycles. The third kappa shape index (κ3) is 8.36. The van der Waals surface area contributed by atoms with Gasteiger partial charge < -0.3 is 24.4 Å². The molecule has 5 aromatic rings. The van der Waals surface area contributed by atoms with E-state index in [1.165, 1.54) is 29.0 Å². The lowest BCUT2D eigenvalue weighted by Gasteiger charge is -2.34. The van der Waals surface area contributed by atoms with Crippen molar-refractivity contribution in [2.75, 3.05) is 45.9 Å². The summed E-state index contributed by atoms with van der Waals surface area (Å²) in [5.41, 5.74) is 3.67. The van der Waals surface area contributed by atoms with Gasteiger partial charge in [0.2, 0.25) is 11.8 Å². The summed E-state index contributed by atoms with van der Waals surface area (Å²) in [5.74, 6) is 1.18. The van der Waals surface area contributed by atoms with E-state index in [0.29, 0.717) is 36.6 Å². The minimum Gasteiger partial charge on any atom is -0.508 e. The number of carbonyl (C=O) groups excluding carboxylic acids is 3. The summed E-state index contributed by atoms with van der Waals surface area (Å²) in [7, 11) is 0. The van der Waals surface area contributed by atoms with Crippen LogP contribution in [0.1, 0.15) is 47.2 Å². The number of nitrogens with zero attached hydrogens (tertiary/aromatic N) is 3. The van der Waals surface area contributed by atoms with Crippen LogP contribution in [0.2, 0.25) is 0 Å². The monoisotopic (exact) mass is 762 g/mol. The minimum atomic E-state index is -0.586. The zero-order chi connectivity index (χ0) is 37.9. The quantitative estimate of drug-likeness (QED) is 0.0977. The molecule has 3 aliphatic heterocycles. The summed E-state index contributed by atoms with van der Waals surface area (Å²) in [6.45, 7) is 6.96. The average Bonchev–Trinajstić information content (AvgIpc) is 3.70. The van der Waals surface area contributed by atoms with Gasteiger partial charge in [0.05, 0.1) is 4.88 Å². The molecule has 0 saturated carbocycles. The first-order valence-corrected chi connectivity index (χ1v) is 19.7. The number of ether oxygens (including phenoxy) is 2. The number of unbranched alkanes of at least 4 members (excludes halogenated alkanes) is 1. The van der Waals surface area contributed by atoms with Gasteiger partial charge in [-0.1, -0.05) is 24.3 Å². The Morgan fingerprint density at radius 2 is 1.58 bits per heavy atom. The Labute approximate surface area is 323 Å². The molecular weight excluding hydrogens is 720 g/mol. The number of imide groups is 1. The number of carbonyl (C=O) groups is 3. The zero-order valence-corrected chi connectivity index (χ0v) is 31.3. The van der Waals surface area contributed by atoms with E-state index in [-0.39, 0.29) is 35.7 Å². The number of hydrogen-bond donors (Lipinski definition) is 2. The van der Waals surface area contributed by atoms with Gasteiger partial charge in [0.15, 0.2) is 5.75 Å². The SMILES string of the molecule is O=C1CCC(N2Cc3cc(CCCCN4CCN(CCOc5ccc(Oc6c(-c7ccc(F)cc7)sc7cc(O)ccc67)cc5)CC4)ccc3C2=O)C(=O)N1. The molecule has 1 atom stereocenters. The van der Waals surface area contributed by atoms with Gasteiger partial charge in [-0.15, -0.1) is 11.3 Å². The molecule has 0 aliphatic carbocycles. The lowest BCUT2D eigenvalue weighted by Crippen LogP contribution is -2.52. The topological polar surface area (TPSA) is 112 Å². The molecule has 0 radical (unpaired) electrons. The number of halogens is 1. The summed E-state index contributed by atoms with van der Waals surface area (Å²) in [6.07, 6.45) is 3.73. The Balaban J connectivity index is 0.750. The van der Waals surface area contributed by atoms with Crippen LogP contribution in [0.5, 0.6) is 23.0 Å². The molecule has 12 heteroatoms. The van der Waals surface area contributed by atoms with Crippen LogP contribution >= 0.6 is 11.3 Å². The van der Waals surface area contributed by atoms with Crippen LogP contribution in [0, 0.1) is 5.82 Å². The van der Waals surface area contributed by atoms with Gasteiger partial charge in [-0.05, 0) is 110 Å². The van der Waals surface area contributed by atoms with Gasteiger partial charge in [-0.25, -0.2) is 4.39 Å². The third-order valence-electron chi connectivity index (χ3n) is 10.7. The number of fused-ring (bicyclic) bond motifs is 2. The van der Waals surface area contributed by atoms with Crippen molar-refractivity contribution in [3.8, 4) is 33.4 Å². The van der Waals surface area contributed by atoms with E-state index in [9.17, 15) is 23.9 Å². The number of rotatable bonds is 13. The van der Waals surface area contributed by atoms with Gasteiger partial charge in [-0.3, -0.25) is 24.6 Å². The van der Waals surface area contributed by atoms with Gasteiger partial charge in [-0.2, -0.15) is 0 Å². The van der Waals surface area contributed by atoms with Crippen LogP contribution in [0.15, 0.2) is 84.9 Å². The molecule has 0 bridgehead atoms.